The second-order valence-corrected chi connectivity index (χ2v) is 5.55. The maximum atomic E-state index is 13.1. The molecule has 0 aromatic heterocycles. The lowest BCUT2D eigenvalue weighted by molar-refractivity contribution is -0.144. The van der Waals surface area contributed by atoms with Crippen molar-refractivity contribution in [3.8, 4) is 0 Å². The van der Waals surface area contributed by atoms with Gasteiger partial charge < -0.3 is 5.11 Å². The Morgan fingerprint density at radius 1 is 1.53 bits per heavy atom. The average Bonchev–Trinajstić information content (AvgIpc) is 2.36. The molecule has 0 amide bonds. The van der Waals surface area contributed by atoms with Crippen molar-refractivity contribution < 1.29 is 14.3 Å². The van der Waals surface area contributed by atoms with Gasteiger partial charge in [-0.25, -0.2) is 4.39 Å². The highest BCUT2D eigenvalue weighted by molar-refractivity contribution is 6.30. The highest BCUT2D eigenvalue weighted by Crippen LogP contribution is 2.25. The molecule has 2 unspecified atom stereocenters. The van der Waals surface area contributed by atoms with Crippen LogP contribution in [-0.2, 0) is 11.3 Å². The lowest BCUT2D eigenvalue weighted by atomic mass is 9.93. The molecule has 1 aliphatic heterocycles. The van der Waals surface area contributed by atoms with Gasteiger partial charge in [-0.1, -0.05) is 17.7 Å². The monoisotopic (exact) mass is 285 g/mol. The van der Waals surface area contributed by atoms with E-state index in [0.717, 1.165) is 18.4 Å². The largest absolute Gasteiger partial charge is 0.481 e. The number of rotatable bonds is 3. The normalized spacial score (nSPS) is 24.4. The van der Waals surface area contributed by atoms with Gasteiger partial charge in [0.25, 0.3) is 0 Å². The third-order valence-electron chi connectivity index (χ3n) is 3.73. The van der Waals surface area contributed by atoms with Gasteiger partial charge in [-0.2, -0.15) is 0 Å². The lowest BCUT2D eigenvalue weighted by Crippen LogP contribution is -2.43. The summed E-state index contributed by atoms with van der Waals surface area (Å²) < 4.78 is 13.1. The topological polar surface area (TPSA) is 40.5 Å². The van der Waals surface area contributed by atoms with Gasteiger partial charge in [0.1, 0.15) is 5.82 Å². The molecule has 0 aliphatic carbocycles. The molecular weight excluding hydrogens is 269 g/mol. The number of hydrogen-bond donors (Lipinski definition) is 1. The summed E-state index contributed by atoms with van der Waals surface area (Å²) in [6.07, 6.45) is 1.59. The zero-order chi connectivity index (χ0) is 14.0. The third-order valence-corrected chi connectivity index (χ3v) is 4.02. The second kappa shape index (κ2) is 5.88. The Balaban J connectivity index is 2.07. The summed E-state index contributed by atoms with van der Waals surface area (Å²) in [6, 6.07) is 4.98. The molecule has 104 valence electrons. The number of hydrogen-bond acceptors (Lipinski definition) is 2. The summed E-state index contributed by atoms with van der Waals surface area (Å²) in [5.74, 6) is -1.48. The van der Waals surface area contributed by atoms with Crippen molar-refractivity contribution in [2.45, 2.75) is 32.4 Å². The van der Waals surface area contributed by atoms with E-state index in [1.54, 1.807) is 12.1 Å². The molecule has 1 aromatic rings. The fraction of sp³-hybridized carbons (Fsp3) is 0.500. The van der Waals surface area contributed by atoms with Crippen LogP contribution >= 0.6 is 11.6 Å². The minimum atomic E-state index is -0.742. The van der Waals surface area contributed by atoms with Crippen molar-refractivity contribution in [1.82, 2.24) is 4.90 Å². The zero-order valence-electron chi connectivity index (χ0n) is 10.8. The first-order chi connectivity index (χ1) is 8.97. The van der Waals surface area contributed by atoms with Crippen molar-refractivity contribution in [3.05, 3.63) is 34.6 Å². The number of nitrogens with zero attached hydrogens (tertiary/aromatic N) is 1. The van der Waals surface area contributed by atoms with Crippen LogP contribution in [-0.4, -0.2) is 28.6 Å². The molecule has 1 saturated heterocycles. The maximum absolute atomic E-state index is 13.1. The number of carbonyl (C=O) groups is 1. The second-order valence-electron chi connectivity index (χ2n) is 5.14. The van der Waals surface area contributed by atoms with Gasteiger partial charge in [-0.05, 0) is 37.5 Å². The van der Waals surface area contributed by atoms with Crippen LogP contribution in [0.25, 0.3) is 0 Å². The van der Waals surface area contributed by atoms with E-state index in [0.29, 0.717) is 19.1 Å². The van der Waals surface area contributed by atoms with Gasteiger partial charge in [0.2, 0.25) is 0 Å². The first-order valence-electron chi connectivity index (χ1n) is 6.38. The van der Waals surface area contributed by atoms with Gasteiger partial charge >= 0.3 is 5.97 Å². The highest BCUT2D eigenvalue weighted by Gasteiger charge is 2.29. The van der Waals surface area contributed by atoms with Crippen molar-refractivity contribution in [3.63, 3.8) is 0 Å². The average molecular weight is 286 g/mol. The van der Waals surface area contributed by atoms with Crippen LogP contribution in [0.5, 0.6) is 0 Å². The van der Waals surface area contributed by atoms with E-state index in [2.05, 4.69) is 11.8 Å². The van der Waals surface area contributed by atoms with Crippen molar-refractivity contribution in [2.75, 3.05) is 6.54 Å². The smallest absolute Gasteiger partial charge is 0.307 e. The van der Waals surface area contributed by atoms with Gasteiger partial charge in [0.15, 0.2) is 0 Å². The van der Waals surface area contributed by atoms with E-state index >= 15 is 0 Å². The standard InChI is InChI=1S/C14H17ClFNO2/c1-9-2-4-11(14(18)19)8-17(9)7-10-3-5-13(16)12(15)6-10/h3,5-6,9,11H,2,4,7-8H2,1H3,(H,18,19). The van der Waals surface area contributed by atoms with Crippen LogP contribution < -0.4 is 0 Å². The summed E-state index contributed by atoms with van der Waals surface area (Å²) in [5.41, 5.74) is 0.907. The summed E-state index contributed by atoms with van der Waals surface area (Å²) in [4.78, 5) is 13.2. The van der Waals surface area contributed by atoms with Crippen LogP contribution in [0.4, 0.5) is 4.39 Å². The first-order valence-corrected chi connectivity index (χ1v) is 6.76. The Kier molecular flexibility index (Phi) is 4.42. The third kappa shape index (κ3) is 3.45. The number of halogens is 2. The van der Waals surface area contributed by atoms with E-state index in [-0.39, 0.29) is 10.9 Å². The molecule has 2 atom stereocenters. The molecule has 3 nitrogen and oxygen atoms in total. The van der Waals surface area contributed by atoms with Crippen LogP contribution in [0.1, 0.15) is 25.3 Å². The van der Waals surface area contributed by atoms with Crippen molar-refractivity contribution in [1.29, 1.82) is 0 Å². The number of aliphatic carboxylic acids is 1. The molecule has 0 radical (unpaired) electrons. The zero-order valence-corrected chi connectivity index (χ0v) is 11.5. The van der Waals surface area contributed by atoms with Gasteiger partial charge in [-0.3, -0.25) is 9.69 Å². The molecule has 1 heterocycles. The lowest BCUT2D eigenvalue weighted by Gasteiger charge is -2.36. The number of carboxylic acids is 1. The van der Waals surface area contributed by atoms with E-state index in [9.17, 15) is 9.18 Å². The maximum Gasteiger partial charge on any atom is 0.307 e. The molecular formula is C14H17ClFNO2. The molecule has 5 heteroatoms. The predicted octanol–water partition coefficient (Wildman–Crippen LogP) is 3.16. The number of benzene rings is 1. The minimum absolute atomic E-state index is 0.108. The summed E-state index contributed by atoms with van der Waals surface area (Å²) in [7, 11) is 0. The molecule has 1 aromatic carbocycles. The molecule has 0 saturated carbocycles. The molecule has 19 heavy (non-hydrogen) atoms. The molecule has 2 rings (SSSR count). The number of carboxylic acid groups (broad SMARTS) is 1. The SMILES string of the molecule is CC1CCC(C(=O)O)CN1Cc1ccc(F)c(Cl)c1. The Morgan fingerprint density at radius 3 is 2.89 bits per heavy atom. The molecule has 1 N–H and O–H groups in total. The fourth-order valence-electron chi connectivity index (χ4n) is 2.47. The first kappa shape index (κ1) is 14.3. The van der Waals surface area contributed by atoms with Gasteiger partial charge in [0, 0.05) is 19.1 Å². The van der Waals surface area contributed by atoms with Crippen LogP contribution in [0.2, 0.25) is 5.02 Å². The molecule has 0 spiro atoms. The van der Waals surface area contributed by atoms with E-state index in [4.69, 9.17) is 16.7 Å². The van der Waals surface area contributed by atoms with Crippen molar-refractivity contribution in [2.24, 2.45) is 5.92 Å². The Bertz CT molecular complexity index is 481. The van der Waals surface area contributed by atoms with Gasteiger partial charge in [-0.15, -0.1) is 0 Å². The Labute approximate surface area is 117 Å². The fourth-order valence-corrected chi connectivity index (χ4v) is 2.68. The van der Waals surface area contributed by atoms with E-state index in [1.807, 2.05) is 0 Å². The van der Waals surface area contributed by atoms with Gasteiger partial charge in [0.05, 0.1) is 10.9 Å². The molecule has 1 aliphatic rings. The van der Waals surface area contributed by atoms with E-state index in [1.165, 1.54) is 6.07 Å². The van der Waals surface area contributed by atoms with Crippen molar-refractivity contribution >= 4 is 17.6 Å². The highest BCUT2D eigenvalue weighted by atomic mass is 35.5. The number of likely N-dealkylation sites (tertiary alicyclic amines) is 1. The van der Waals surface area contributed by atoms with Crippen LogP contribution in [0.3, 0.4) is 0 Å². The molecule has 1 fully saturated rings. The minimum Gasteiger partial charge on any atom is -0.481 e. The number of piperidine rings is 1. The van der Waals surface area contributed by atoms with Crippen LogP contribution in [0.15, 0.2) is 18.2 Å². The summed E-state index contributed by atoms with van der Waals surface area (Å²) in [6.45, 7) is 3.22. The van der Waals surface area contributed by atoms with Crippen LogP contribution in [0, 0.1) is 11.7 Å². The Hall–Kier alpha value is -1.13. The Morgan fingerprint density at radius 2 is 2.26 bits per heavy atom. The quantitative estimate of drug-likeness (QED) is 0.927. The molecule has 0 bridgehead atoms. The summed E-state index contributed by atoms with van der Waals surface area (Å²) in [5, 5.41) is 9.20. The summed E-state index contributed by atoms with van der Waals surface area (Å²) >= 11 is 5.76. The van der Waals surface area contributed by atoms with E-state index < -0.39 is 11.8 Å². The predicted molar refractivity (Wildman–Crippen MR) is 71.6 cm³/mol.